The molecule has 0 spiro atoms. The quantitative estimate of drug-likeness (QED) is 0.841. The molecule has 0 unspecified atom stereocenters. The largest absolute Gasteiger partial charge is 0.219 e. The maximum atomic E-state index is 12.2. The monoisotopic (exact) mass is 286 g/mol. The Morgan fingerprint density at radius 1 is 0.765 bits per heavy atom. The van der Waals surface area contributed by atoms with Crippen molar-refractivity contribution in [3.63, 3.8) is 0 Å². The average Bonchev–Trinajstić information content (AvgIpc) is 2.29. The Hall–Kier alpha value is -1.03. The fourth-order valence-corrected chi connectivity index (χ4v) is 3.27. The van der Waals surface area contributed by atoms with Crippen molar-refractivity contribution in [2.45, 2.75) is 9.79 Å². The fraction of sp³-hybridized carbons (Fsp3) is 0. The minimum absolute atomic E-state index is 0.160. The maximum Gasteiger partial charge on any atom is 0.206 e. The number of sulfone groups is 1. The minimum Gasteiger partial charge on any atom is -0.219 e. The number of rotatable bonds is 2. The molecule has 2 aromatic carbocycles. The summed E-state index contributed by atoms with van der Waals surface area (Å²) < 4.78 is 24.4. The van der Waals surface area contributed by atoms with Crippen molar-refractivity contribution in [3.05, 3.63) is 58.6 Å². The van der Waals surface area contributed by atoms with Crippen LogP contribution in [0.3, 0.4) is 0 Å². The molecule has 0 saturated heterocycles. The molecular formula is C12H8Cl2O2S. The molecule has 0 bridgehead atoms. The molecule has 0 N–H and O–H groups in total. The van der Waals surface area contributed by atoms with E-state index in [1.165, 1.54) is 24.3 Å². The van der Waals surface area contributed by atoms with E-state index < -0.39 is 9.84 Å². The fourth-order valence-electron chi connectivity index (χ4n) is 1.40. The lowest BCUT2D eigenvalue weighted by Gasteiger charge is -2.05. The highest BCUT2D eigenvalue weighted by atomic mass is 35.5. The van der Waals surface area contributed by atoms with Crippen LogP contribution in [0.5, 0.6) is 0 Å². The zero-order valence-electron chi connectivity index (χ0n) is 8.60. The van der Waals surface area contributed by atoms with E-state index >= 15 is 0 Å². The van der Waals surface area contributed by atoms with Gasteiger partial charge in [-0.3, -0.25) is 0 Å². The predicted molar refractivity (Wildman–Crippen MR) is 68.4 cm³/mol. The molecular weight excluding hydrogens is 279 g/mol. The van der Waals surface area contributed by atoms with Gasteiger partial charge in [-0.1, -0.05) is 35.3 Å². The van der Waals surface area contributed by atoms with Crippen LogP contribution in [-0.2, 0) is 9.84 Å². The van der Waals surface area contributed by atoms with Crippen LogP contribution in [0.2, 0.25) is 10.0 Å². The molecule has 0 aliphatic rings. The van der Waals surface area contributed by atoms with Crippen molar-refractivity contribution in [2.75, 3.05) is 0 Å². The third-order valence-electron chi connectivity index (χ3n) is 2.21. The Kier molecular flexibility index (Phi) is 3.43. The molecule has 0 radical (unpaired) electrons. The van der Waals surface area contributed by atoms with E-state index in [4.69, 9.17) is 23.2 Å². The Labute approximate surface area is 110 Å². The zero-order valence-corrected chi connectivity index (χ0v) is 10.9. The van der Waals surface area contributed by atoms with E-state index in [0.717, 1.165) is 0 Å². The van der Waals surface area contributed by atoms with Gasteiger partial charge < -0.3 is 0 Å². The first-order chi connectivity index (χ1) is 8.00. The van der Waals surface area contributed by atoms with Crippen molar-refractivity contribution in [2.24, 2.45) is 0 Å². The molecule has 2 aromatic rings. The van der Waals surface area contributed by atoms with Gasteiger partial charge in [-0.2, -0.15) is 0 Å². The third-order valence-corrected chi connectivity index (χ3v) is 4.43. The van der Waals surface area contributed by atoms with Gasteiger partial charge in [0.05, 0.1) is 9.79 Å². The topological polar surface area (TPSA) is 34.1 Å². The average molecular weight is 287 g/mol. The lowest BCUT2D eigenvalue weighted by atomic mass is 10.4. The normalized spacial score (nSPS) is 11.4. The van der Waals surface area contributed by atoms with Gasteiger partial charge in [0, 0.05) is 10.0 Å². The highest BCUT2D eigenvalue weighted by Crippen LogP contribution is 2.24. The third kappa shape index (κ3) is 2.63. The molecule has 0 aromatic heterocycles. The van der Waals surface area contributed by atoms with Crippen LogP contribution in [0.25, 0.3) is 0 Å². The number of halogens is 2. The molecule has 0 saturated carbocycles. The summed E-state index contributed by atoms with van der Waals surface area (Å²) in [6.45, 7) is 0. The summed E-state index contributed by atoms with van der Waals surface area (Å²) in [6.07, 6.45) is 0. The van der Waals surface area contributed by atoms with Crippen LogP contribution in [0, 0.1) is 0 Å². The van der Waals surface area contributed by atoms with E-state index in [0.29, 0.717) is 10.0 Å². The molecule has 2 rings (SSSR count). The first-order valence-electron chi connectivity index (χ1n) is 4.76. The summed E-state index contributed by atoms with van der Waals surface area (Å²) in [5.41, 5.74) is 0. The molecule has 17 heavy (non-hydrogen) atoms. The van der Waals surface area contributed by atoms with E-state index in [-0.39, 0.29) is 9.79 Å². The molecule has 0 aliphatic carbocycles. The Morgan fingerprint density at radius 3 is 1.53 bits per heavy atom. The van der Waals surface area contributed by atoms with Crippen LogP contribution in [0.15, 0.2) is 58.3 Å². The maximum absolute atomic E-state index is 12.2. The van der Waals surface area contributed by atoms with Gasteiger partial charge in [-0.05, 0) is 36.4 Å². The molecule has 88 valence electrons. The second kappa shape index (κ2) is 4.69. The molecule has 0 amide bonds. The Balaban J connectivity index is 2.58. The first-order valence-corrected chi connectivity index (χ1v) is 7.00. The van der Waals surface area contributed by atoms with Gasteiger partial charge in [-0.15, -0.1) is 0 Å². The first kappa shape index (κ1) is 12.4. The summed E-state index contributed by atoms with van der Waals surface area (Å²) in [6, 6.07) is 12.3. The summed E-state index contributed by atoms with van der Waals surface area (Å²) in [7, 11) is -3.55. The molecule has 5 heteroatoms. The van der Waals surface area contributed by atoms with E-state index in [1.54, 1.807) is 24.3 Å². The van der Waals surface area contributed by atoms with Crippen molar-refractivity contribution in [1.29, 1.82) is 0 Å². The number of hydrogen-bond acceptors (Lipinski definition) is 2. The molecule has 2 nitrogen and oxygen atoms in total. The van der Waals surface area contributed by atoms with Gasteiger partial charge in [0.1, 0.15) is 0 Å². The van der Waals surface area contributed by atoms with Gasteiger partial charge in [0.2, 0.25) is 9.84 Å². The second-order valence-electron chi connectivity index (χ2n) is 3.42. The molecule has 0 heterocycles. The molecule has 0 atom stereocenters. The van der Waals surface area contributed by atoms with Gasteiger partial charge in [0.25, 0.3) is 0 Å². The lowest BCUT2D eigenvalue weighted by molar-refractivity contribution is 0.596. The van der Waals surface area contributed by atoms with E-state index in [1.807, 2.05) is 0 Å². The molecule has 0 fully saturated rings. The second-order valence-corrected chi connectivity index (χ2v) is 6.24. The zero-order chi connectivity index (χ0) is 12.5. The summed E-state index contributed by atoms with van der Waals surface area (Å²) in [5, 5.41) is 0.765. The Morgan fingerprint density at radius 2 is 1.18 bits per heavy atom. The van der Waals surface area contributed by atoms with Crippen molar-refractivity contribution in [3.8, 4) is 0 Å². The minimum atomic E-state index is -3.55. The van der Waals surface area contributed by atoms with Crippen molar-refractivity contribution < 1.29 is 8.42 Å². The van der Waals surface area contributed by atoms with Crippen LogP contribution in [-0.4, -0.2) is 8.42 Å². The molecule has 0 aliphatic heterocycles. The van der Waals surface area contributed by atoms with Gasteiger partial charge in [-0.25, -0.2) is 8.42 Å². The van der Waals surface area contributed by atoms with Gasteiger partial charge in [0.15, 0.2) is 0 Å². The SMILES string of the molecule is O=S(=O)(c1cccc(Cl)c1)c1cccc(Cl)c1. The van der Waals surface area contributed by atoms with E-state index in [9.17, 15) is 8.42 Å². The summed E-state index contributed by atoms with van der Waals surface area (Å²) in [5.74, 6) is 0. The van der Waals surface area contributed by atoms with Crippen LogP contribution < -0.4 is 0 Å². The van der Waals surface area contributed by atoms with E-state index in [2.05, 4.69) is 0 Å². The van der Waals surface area contributed by atoms with Crippen molar-refractivity contribution >= 4 is 33.0 Å². The highest BCUT2D eigenvalue weighted by molar-refractivity contribution is 7.91. The highest BCUT2D eigenvalue weighted by Gasteiger charge is 2.17. The Bertz CT molecular complexity index is 600. The summed E-state index contributed by atoms with van der Waals surface area (Å²) in [4.78, 5) is 0.319. The standard InChI is InChI=1S/C12H8Cl2O2S/c13-9-3-1-5-11(7-9)17(15,16)12-6-2-4-10(14)8-12/h1-8H. The number of hydrogen-bond donors (Lipinski definition) is 0. The number of benzene rings is 2. The van der Waals surface area contributed by atoms with Crippen LogP contribution in [0.4, 0.5) is 0 Å². The summed E-state index contributed by atoms with van der Waals surface area (Å²) >= 11 is 11.6. The lowest BCUT2D eigenvalue weighted by Crippen LogP contribution is -2.01. The smallest absolute Gasteiger partial charge is 0.206 e. The van der Waals surface area contributed by atoms with Gasteiger partial charge >= 0.3 is 0 Å². The van der Waals surface area contributed by atoms with Crippen LogP contribution >= 0.6 is 23.2 Å². The predicted octanol–water partition coefficient (Wildman–Crippen LogP) is 3.83. The van der Waals surface area contributed by atoms with Crippen molar-refractivity contribution in [1.82, 2.24) is 0 Å². The van der Waals surface area contributed by atoms with Crippen LogP contribution in [0.1, 0.15) is 0 Å².